The van der Waals surface area contributed by atoms with Gasteiger partial charge in [-0.2, -0.15) is 0 Å². The monoisotopic (exact) mass is 374 g/mol. The van der Waals surface area contributed by atoms with Gasteiger partial charge in [0.05, 0.1) is 6.10 Å². The number of rotatable bonds is 17. The van der Waals surface area contributed by atoms with Crippen molar-refractivity contribution in [2.75, 3.05) is 0 Å². The highest BCUT2D eigenvalue weighted by Crippen LogP contribution is 2.06. The summed E-state index contributed by atoms with van der Waals surface area (Å²) in [6, 6.07) is 0. The van der Waals surface area contributed by atoms with E-state index in [1.807, 2.05) is 13.8 Å². The van der Waals surface area contributed by atoms with Gasteiger partial charge in [-0.25, -0.2) is 0 Å². The fraction of sp³-hybridized carbons (Fsp3) is 0.640. The molecule has 0 heterocycles. The Kier molecular flexibility index (Phi) is 19.5. The number of carbonyl (C=O) groups excluding carboxylic acids is 1. The number of carbonyl (C=O) groups is 1. The SMILES string of the molecule is CCCCC/C=C\C/C=C\C/C=C\C/C=C\CCCCCC(=O)OC(C)C. The summed E-state index contributed by atoms with van der Waals surface area (Å²) in [5.74, 6) is -0.0669. The summed E-state index contributed by atoms with van der Waals surface area (Å²) in [6.07, 6.45) is 31.0. The molecule has 0 fully saturated rings. The Bertz CT molecular complexity index is 441. The van der Waals surface area contributed by atoms with E-state index in [1.165, 1.54) is 25.7 Å². The van der Waals surface area contributed by atoms with E-state index in [4.69, 9.17) is 4.74 Å². The van der Waals surface area contributed by atoms with Crippen LogP contribution >= 0.6 is 0 Å². The number of hydrogen-bond acceptors (Lipinski definition) is 2. The Balaban J connectivity index is 3.42. The normalized spacial score (nSPS) is 12.4. The Morgan fingerprint density at radius 2 is 1.19 bits per heavy atom. The first kappa shape index (κ1) is 25.4. The van der Waals surface area contributed by atoms with E-state index < -0.39 is 0 Å². The minimum atomic E-state index is -0.0669. The summed E-state index contributed by atoms with van der Waals surface area (Å²) in [6.45, 7) is 6.02. The van der Waals surface area contributed by atoms with Crippen molar-refractivity contribution >= 4 is 5.97 Å². The lowest BCUT2D eigenvalue weighted by Crippen LogP contribution is -2.10. The van der Waals surface area contributed by atoms with Crippen molar-refractivity contribution in [3.05, 3.63) is 48.6 Å². The molecule has 0 spiro atoms. The van der Waals surface area contributed by atoms with Crippen molar-refractivity contribution in [3.63, 3.8) is 0 Å². The number of ether oxygens (including phenoxy) is 1. The average molecular weight is 375 g/mol. The number of hydrogen-bond donors (Lipinski definition) is 0. The van der Waals surface area contributed by atoms with Gasteiger partial charge in [0.25, 0.3) is 0 Å². The Morgan fingerprint density at radius 3 is 1.67 bits per heavy atom. The second-order valence-electron chi connectivity index (χ2n) is 7.23. The maximum atomic E-state index is 11.4. The number of esters is 1. The van der Waals surface area contributed by atoms with Crippen LogP contribution in [0.5, 0.6) is 0 Å². The minimum Gasteiger partial charge on any atom is -0.463 e. The van der Waals surface area contributed by atoms with Crippen LogP contribution in [0.25, 0.3) is 0 Å². The van der Waals surface area contributed by atoms with E-state index in [9.17, 15) is 4.79 Å². The minimum absolute atomic E-state index is 0.00105. The van der Waals surface area contributed by atoms with Crippen molar-refractivity contribution in [2.45, 2.75) is 104 Å². The van der Waals surface area contributed by atoms with Gasteiger partial charge in [-0.3, -0.25) is 4.79 Å². The molecule has 0 atom stereocenters. The molecule has 2 nitrogen and oxygen atoms in total. The molecule has 0 amide bonds. The van der Waals surface area contributed by atoms with E-state index in [2.05, 4.69) is 55.5 Å². The third-order valence-electron chi connectivity index (χ3n) is 4.08. The molecule has 0 saturated carbocycles. The third kappa shape index (κ3) is 22.4. The van der Waals surface area contributed by atoms with Gasteiger partial charge >= 0.3 is 5.97 Å². The highest BCUT2D eigenvalue weighted by Gasteiger charge is 2.03. The first-order valence-corrected chi connectivity index (χ1v) is 11.0. The molecule has 27 heavy (non-hydrogen) atoms. The molecule has 0 radical (unpaired) electrons. The largest absolute Gasteiger partial charge is 0.463 e. The van der Waals surface area contributed by atoms with Crippen molar-refractivity contribution < 1.29 is 9.53 Å². The van der Waals surface area contributed by atoms with Crippen LogP contribution in [-0.2, 0) is 9.53 Å². The molecule has 154 valence electrons. The molecule has 0 aliphatic rings. The second kappa shape index (κ2) is 20.7. The maximum absolute atomic E-state index is 11.4. The van der Waals surface area contributed by atoms with Gasteiger partial charge in [0.15, 0.2) is 0 Å². The lowest BCUT2D eigenvalue weighted by molar-refractivity contribution is -0.147. The van der Waals surface area contributed by atoms with Gasteiger partial charge in [0, 0.05) is 6.42 Å². The smallest absolute Gasteiger partial charge is 0.306 e. The van der Waals surface area contributed by atoms with Crippen LogP contribution < -0.4 is 0 Å². The van der Waals surface area contributed by atoms with Gasteiger partial charge in [-0.15, -0.1) is 0 Å². The van der Waals surface area contributed by atoms with Crippen molar-refractivity contribution in [1.82, 2.24) is 0 Å². The summed E-state index contributed by atoms with van der Waals surface area (Å²) >= 11 is 0. The zero-order chi connectivity index (χ0) is 20.0. The molecule has 0 unspecified atom stereocenters. The number of allylic oxidation sites excluding steroid dienone is 8. The molecular formula is C25H42O2. The molecular weight excluding hydrogens is 332 g/mol. The van der Waals surface area contributed by atoms with Gasteiger partial charge < -0.3 is 4.74 Å². The summed E-state index contributed by atoms with van der Waals surface area (Å²) < 4.78 is 5.12. The van der Waals surface area contributed by atoms with Crippen LogP contribution in [0.2, 0.25) is 0 Å². The lowest BCUT2D eigenvalue weighted by Gasteiger charge is -2.06. The molecule has 0 aliphatic heterocycles. The van der Waals surface area contributed by atoms with Crippen LogP contribution in [-0.4, -0.2) is 12.1 Å². The summed E-state index contributed by atoms with van der Waals surface area (Å²) in [4.78, 5) is 11.4. The van der Waals surface area contributed by atoms with E-state index in [1.54, 1.807) is 0 Å². The summed E-state index contributed by atoms with van der Waals surface area (Å²) in [5, 5.41) is 0. The standard InChI is InChI=1S/C25H42O2/c1-4-5-6-7-8-9-10-11-12-13-14-15-16-17-18-19-20-21-22-23-25(26)27-24(2)3/h8-9,11-12,14-15,17-18,24H,4-7,10,13,16,19-23H2,1-3H3/b9-8-,12-11-,15-14-,18-17-. The van der Waals surface area contributed by atoms with E-state index in [0.717, 1.165) is 44.9 Å². The predicted molar refractivity (Wildman–Crippen MR) is 119 cm³/mol. The highest BCUT2D eigenvalue weighted by atomic mass is 16.5. The quantitative estimate of drug-likeness (QED) is 0.147. The van der Waals surface area contributed by atoms with Crippen LogP contribution in [0.1, 0.15) is 97.8 Å². The predicted octanol–water partition coefficient (Wildman–Crippen LogP) is 7.86. The van der Waals surface area contributed by atoms with Gasteiger partial charge in [-0.1, -0.05) is 74.8 Å². The molecule has 0 aromatic heterocycles. The lowest BCUT2D eigenvalue weighted by atomic mass is 10.1. The van der Waals surface area contributed by atoms with Gasteiger partial charge in [0.1, 0.15) is 0 Å². The van der Waals surface area contributed by atoms with Gasteiger partial charge in [-0.05, 0) is 65.2 Å². The molecule has 0 aromatic rings. The molecule has 0 aliphatic carbocycles. The molecule has 0 aromatic carbocycles. The Labute approximate surface area is 168 Å². The molecule has 0 saturated heterocycles. The number of unbranched alkanes of at least 4 members (excludes halogenated alkanes) is 6. The zero-order valence-electron chi connectivity index (χ0n) is 18.0. The highest BCUT2D eigenvalue weighted by molar-refractivity contribution is 5.69. The molecule has 0 bridgehead atoms. The summed E-state index contributed by atoms with van der Waals surface area (Å²) in [5.41, 5.74) is 0. The zero-order valence-corrected chi connectivity index (χ0v) is 18.0. The van der Waals surface area contributed by atoms with Crippen molar-refractivity contribution in [2.24, 2.45) is 0 Å². The van der Waals surface area contributed by atoms with Crippen molar-refractivity contribution in [1.29, 1.82) is 0 Å². The molecule has 0 N–H and O–H groups in total. The Morgan fingerprint density at radius 1 is 0.704 bits per heavy atom. The van der Waals surface area contributed by atoms with E-state index in [0.29, 0.717) is 6.42 Å². The first-order chi connectivity index (χ1) is 13.2. The van der Waals surface area contributed by atoms with Crippen LogP contribution in [0.15, 0.2) is 48.6 Å². The van der Waals surface area contributed by atoms with Gasteiger partial charge in [0.2, 0.25) is 0 Å². The Hall–Kier alpha value is -1.57. The second-order valence-corrected chi connectivity index (χ2v) is 7.23. The fourth-order valence-corrected chi connectivity index (χ4v) is 2.59. The summed E-state index contributed by atoms with van der Waals surface area (Å²) in [7, 11) is 0. The maximum Gasteiger partial charge on any atom is 0.306 e. The van der Waals surface area contributed by atoms with Crippen LogP contribution in [0.4, 0.5) is 0 Å². The average Bonchev–Trinajstić information content (AvgIpc) is 2.63. The third-order valence-corrected chi connectivity index (χ3v) is 4.08. The molecule has 2 heteroatoms. The van der Waals surface area contributed by atoms with Crippen LogP contribution in [0.3, 0.4) is 0 Å². The van der Waals surface area contributed by atoms with E-state index in [-0.39, 0.29) is 12.1 Å². The first-order valence-electron chi connectivity index (χ1n) is 11.0. The van der Waals surface area contributed by atoms with Crippen molar-refractivity contribution in [3.8, 4) is 0 Å². The van der Waals surface area contributed by atoms with Crippen LogP contribution in [0, 0.1) is 0 Å². The topological polar surface area (TPSA) is 26.3 Å². The fourth-order valence-electron chi connectivity index (χ4n) is 2.59. The van der Waals surface area contributed by atoms with E-state index >= 15 is 0 Å². The molecule has 0 rings (SSSR count).